The largest absolute Gasteiger partial charge is 0.457 e. The first-order valence-electron chi connectivity index (χ1n) is 11.0. The molecular formula is C23H21F6N5O3. The highest BCUT2D eigenvalue weighted by molar-refractivity contribution is 5.94. The maximum Gasteiger partial charge on any atom is 0.457 e. The van der Waals surface area contributed by atoms with Crippen LogP contribution in [0.15, 0.2) is 55.1 Å². The number of rotatable bonds is 8. The number of nitrogens with zero attached hydrogens (tertiary/aromatic N) is 5. The third-order valence-electron chi connectivity index (χ3n) is 6.11. The van der Waals surface area contributed by atoms with Crippen LogP contribution in [0, 0.1) is 11.6 Å². The van der Waals surface area contributed by atoms with Gasteiger partial charge in [-0.1, -0.05) is 6.07 Å². The maximum atomic E-state index is 14.8. The molecule has 0 radical (unpaired) electrons. The van der Waals surface area contributed by atoms with Gasteiger partial charge in [-0.25, -0.2) is 23.2 Å². The van der Waals surface area contributed by atoms with E-state index in [1.165, 1.54) is 46.2 Å². The minimum absolute atomic E-state index is 0.0986. The van der Waals surface area contributed by atoms with Crippen molar-refractivity contribution in [2.24, 2.45) is 0 Å². The Balaban J connectivity index is 1.57. The Labute approximate surface area is 206 Å². The Bertz CT molecular complexity index is 1240. The van der Waals surface area contributed by atoms with E-state index in [4.69, 9.17) is 0 Å². The van der Waals surface area contributed by atoms with Crippen molar-refractivity contribution < 1.29 is 41.0 Å². The number of hydrogen-bond donors (Lipinski definition) is 1. The molecule has 0 saturated carbocycles. The molecule has 2 amide bonds. The molecule has 4 rings (SSSR count). The molecule has 2 aromatic carbocycles. The average molecular weight is 529 g/mol. The normalized spacial score (nSPS) is 17.6. The lowest BCUT2D eigenvalue weighted by atomic mass is 9.85. The molecule has 37 heavy (non-hydrogen) atoms. The molecule has 14 heteroatoms. The summed E-state index contributed by atoms with van der Waals surface area (Å²) in [5, 5.41) is 15.6. The quantitative estimate of drug-likeness (QED) is 0.446. The molecule has 1 aromatic heterocycles. The minimum atomic E-state index is -5.19. The van der Waals surface area contributed by atoms with E-state index < -0.39 is 41.8 Å². The fraction of sp³-hybridized carbons (Fsp3) is 0.348. The zero-order chi connectivity index (χ0) is 27.0. The zero-order valence-electron chi connectivity index (χ0n) is 19.2. The van der Waals surface area contributed by atoms with Gasteiger partial charge in [0.05, 0.1) is 12.6 Å². The van der Waals surface area contributed by atoms with E-state index in [2.05, 4.69) is 14.8 Å². The fourth-order valence-electron chi connectivity index (χ4n) is 4.15. The van der Waals surface area contributed by atoms with Crippen LogP contribution in [0.4, 0.5) is 36.8 Å². The highest BCUT2D eigenvalue weighted by Crippen LogP contribution is 2.35. The summed E-state index contributed by atoms with van der Waals surface area (Å²) in [6.45, 7) is 1.41. The van der Waals surface area contributed by atoms with Crippen molar-refractivity contribution in [3.63, 3.8) is 0 Å². The molecule has 8 nitrogen and oxygen atoms in total. The molecule has 1 unspecified atom stereocenters. The van der Waals surface area contributed by atoms with Gasteiger partial charge in [0.15, 0.2) is 0 Å². The molecule has 1 saturated heterocycles. The van der Waals surface area contributed by atoms with Crippen LogP contribution >= 0.6 is 0 Å². The summed E-state index contributed by atoms with van der Waals surface area (Å²) in [7, 11) is 0. The van der Waals surface area contributed by atoms with Crippen molar-refractivity contribution in [1.29, 1.82) is 0 Å². The summed E-state index contributed by atoms with van der Waals surface area (Å²) in [6, 6.07) is 5.81. The van der Waals surface area contributed by atoms with Gasteiger partial charge in [-0.15, -0.1) is 0 Å². The lowest BCUT2D eigenvalue weighted by Crippen LogP contribution is -2.53. The number of benzene rings is 2. The number of aliphatic hydroxyl groups is 1. The highest BCUT2D eigenvalue weighted by Gasteiger charge is 2.46. The van der Waals surface area contributed by atoms with Crippen LogP contribution in [0.2, 0.25) is 0 Å². The van der Waals surface area contributed by atoms with Crippen LogP contribution in [0.25, 0.3) is 0 Å². The molecule has 2 heterocycles. The molecule has 1 aliphatic rings. The topological polar surface area (TPSA) is 83.7 Å². The number of urea groups is 1. The smallest absolute Gasteiger partial charge is 0.452 e. The first kappa shape index (κ1) is 26.3. The van der Waals surface area contributed by atoms with E-state index in [-0.39, 0.29) is 36.6 Å². The summed E-state index contributed by atoms with van der Waals surface area (Å²) in [4.78, 5) is 19.6. The molecule has 198 valence electrons. The van der Waals surface area contributed by atoms with Gasteiger partial charge in [-0.2, -0.15) is 22.7 Å². The number of carbonyl (C=O) groups excluding carboxylic acids is 1. The van der Waals surface area contributed by atoms with Gasteiger partial charge in [0.2, 0.25) is 0 Å². The van der Waals surface area contributed by atoms with E-state index in [1.807, 2.05) is 0 Å². The lowest BCUT2D eigenvalue weighted by Gasteiger charge is -2.39. The highest BCUT2D eigenvalue weighted by atomic mass is 19.4. The monoisotopic (exact) mass is 529 g/mol. The number of aromatic nitrogens is 3. The van der Waals surface area contributed by atoms with Crippen molar-refractivity contribution in [2.45, 2.75) is 37.6 Å². The molecule has 1 N–H and O–H groups in total. The second kappa shape index (κ2) is 9.92. The molecule has 3 aromatic rings. The van der Waals surface area contributed by atoms with Gasteiger partial charge in [0.25, 0.3) is 0 Å². The van der Waals surface area contributed by atoms with Gasteiger partial charge >= 0.3 is 18.6 Å². The number of alkyl halides is 4. The molecule has 0 spiro atoms. The van der Waals surface area contributed by atoms with Crippen LogP contribution in [-0.2, 0) is 12.1 Å². The molecule has 1 fully saturated rings. The van der Waals surface area contributed by atoms with E-state index in [0.717, 1.165) is 24.3 Å². The van der Waals surface area contributed by atoms with Crippen LogP contribution in [-0.4, -0.2) is 62.5 Å². The van der Waals surface area contributed by atoms with E-state index >= 15 is 0 Å². The van der Waals surface area contributed by atoms with Gasteiger partial charge in [-0.3, -0.25) is 4.90 Å². The van der Waals surface area contributed by atoms with Crippen molar-refractivity contribution in [3.05, 3.63) is 72.3 Å². The van der Waals surface area contributed by atoms with E-state index in [0.29, 0.717) is 6.07 Å². The van der Waals surface area contributed by atoms with Gasteiger partial charge in [0, 0.05) is 30.4 Å². The van der Waals surface area contributed by atoms with Crippen molar-refractivity contribution in [1.82, 2.24) is 19.7 Å². The van der Waals surface area contributed by atoms with Crippen molar-refractivity contribution in [2.75, 3.05) is 18.0 Å². The van der Waals surface area contributed by atoms with Crippen LogP contribution < -0.4 is 9.64 Å². The first-order valence-corrected chi connectivity index (χ1v) is 11.0. The van der Waals surface area contributed by atoms with E-state index in [1.54, 1.807) is 0 Å². The Morgan fingerprint density at radius 2 is 1.81 bits per heavy atom. The van der Waals surface area contributed by atoms with Crippen LogP contribution in [0.3, 0.4) is 0 Å². The van der Waals surface area contributed by atoms with Gasteiger partial charge < -0.3 is 14.7 Å². The SMILES string of the molecule is C[C@@H](N1CCN(c2ccc(OC(F)C(F)(F)F)cc2)C1=O)[C@](O)(Cn1cncn1)c1ccc(F)cc1F. The first-order chi connectivity index (χ1) is 17.4. The van der Waals surface area contributed by atoms with Crippen molar-refractivity contribution >= 4 is 11.7 Å². The standard InChI is InChI=1S/C23H21F6N5O3/c1-14(22(36,11-32-13-30-12-31-32)18-7-2-15(24)10-19(18)25)33-8-9-34(21(33)35)16-3-5-17(6-4-16)37-20(26)23(27,28)29/h2-7,10,12-14,20,36H,8-9,11H2,1H3/t14-,20?,22-/m1/s1. The Morgan fingerprint density at radius 3 is 2.41 bits per heavy atom. The second-order valence-electron chi connectivity index (χ2n) is 8.41. The molecule has 3 atom stereocenters. The molecule has 0 aliphatic carbocycles. The maximum absolute atomic E-state index is 14.8. The third kappa shape index (κ3) is 5.33. The summed E-state index contributed by atoms with van der Waals surface area (Å²) < 4.78 is 84.1. The predicted molar refractivity (Wildman–Crippen MR) is 117 cm³/mol. The summed E-state index contributed by atoms with van der Waals surface area (Å²) >= 11 is 0. The summed E-state index contributed by atoms with van der Waals surface area (Å²) in [6.07, 6.45) is -6.19. The van der Waals surface area contributed by atoms with E-state index in [9.17, 15) is 36.2 Å². The zero-order valence-corrected chi connectivity index (χ0v) is 19.2. The number of halogens is 6. The molecule has 1 aliphatic heterocycles. The fourth-order valence-corrected chi connectivity index (χ4v) is 4.15. The molecule has 0 bridgehead atoms. The summed E-state index contributed by atoms with van der Waals surface area (Å²) in [5.74, 6) is -2.25. The second-order valence-corrected chi connectivity index (χ2v) is 8.41. The predicted octanol–water partition coefficient (Wildman–Crippen LogP) is 4.01. The number of hydrogen-bond acceptors (Lipinski definition) is 5. The number of carbonyl (C=O) groups is 1. The summed E-state index contributed by atoms with van der Waals surface area (Å²) in [5.41, 5.74) is -2.03. The van der Waals surface area contributed by atoms with Crippen LogP contribution in [0.1, 0.15) is 12.5 Å². The Morgan fingerprint density at radius 1 is 1.11 bits per heavy atom. The number of amides is 2. The Hall–Kier alpha value is -3.81. The van der Waals surface area contributed by atoms with Crippen LogP contribution in [0.5, 0.6) is 5.75 Å². The number of ether oxygens (including phenoxy) is 1. The van der Waals surface area contributed by atoms with Crippen molar-refractivity contribution in [3.8, 4) is 5.75 Å². The third-order valence-corrected chi connectivity index (χ3v) is 6.11. The minimum Gasteiger partial charge on any atom is -0.452 e. The van der Waals surface area contributed by atoms with Gasteiger partial charge in [-0.05, 0) is 37.3 Å². The average Bonchev–Trinajstić information content (AvgIpc) is 3.47. The van der Waals surface area contributed by atoms with Gasteiger partial charge in [0.1, 0.15) is 35.6 Å². The number of anilines is 1. The lowest BCUT2D eigenvalue weighted by molar-refractivity contribution is -0.236. The Kier molecular flexibility index (Phi) is 7.04. The molecular weight excluding hydrogens is 508 g/mol.